The van der Waals surface area contributed by atoms with E-state index in [0.717, 1.165) is 51.4 Å². The van der Waals surface area contributed by atoms with E-state index >= 15 is 0 Å². The molecule has 0 aromatic carbocycles. The largest absolute Gasteiger partial charge is 0.472 e. The number of esters is 2. The molecule has 0 aromatic rings. The number of phosphoric ester groups is 2. The van der Waals surface area contributed by atoms with Crippen LogP contribution < -0.4 is 0 Å². The van der Waals surface area contributed by atoms with Crippen molar-refractivity contribution in [2.45, 2.75) is 134 Å². The van der Waals surface area contributed by atoms with E-state index in [-0.39, 0.29) is 12.8 Å². The fraction of sp³-hybridized carbons (Fsp3) is 0.920. The average molecular weight is 667 g/mol. The molecule has 0 radical (unpaired) electrons. The lowest BCUT2D eigenvalue weighted by Crippen LogP contribution is -2.64. The lowest BCUT2D eigenvalue weighted by molar-refractivity contribution is -0.216. The topological polar surface area (TPSA) is 256 Å². The first-order valence-electron chi connectivity index (χ1n) is 14.6. The molecule has 8 atom stereocenters. The SMILES string of the molecule is CCCCCCCC(=O)OC[C@H](COP(=O)(O)O[C@H]1[C@@H](O)[C@@H](OP(=O)(O)O)[C@@H](O)[C@@H](O)[C@H]1O)OC(=O)CCCCCCC. The molecule has 1 unspecified atom stereocenters. The van der Waals surface area contributed by atoms with Crippen LogP contribution >= 0.6 is 15.6 Å². The molecule has 0 aliphatic heterocycles. The Morgan fingerprint density at radius 1 is 0.651 bits per heavy atom. The molecule has 1 aliphatic rings. The highest BCUT2D eigenvalue weighted by Crippen LogP contribution is 2.48. The minimum Gasteiger partial charge on any atom is -0.462 e. The molecule has 1 rings (SSSR count). The average Bonchev–Trinajstić information content (AvgIpc) is 2.93. The van der Waals surface area contributed by atoms with Crippen LogP contribution in [0.1, 0.15) is 90.9 Å². The van der Waals surface area contributed by atoms with E-state index in [1.807, 2.05) is 6.92 Å². The van der Waals surface area contributed by atoms with Gasteiger partial charge in [0.2, 0.25) is 0 Å². The zero-order chi connectivity index (χ0) is 32.6. The summed E-state index contributed by atoms with van der Waals surface area (Å²) >= 11 is 0. The molecule has 1 saturated carbocycles. The highest BCUT2D eigenvalue weighted by Gasteiger charge is 2.54. The number of hydrogen-bond acceptors (Lipinski definition) is 13. The molecule has 18 heteroatoms. The summed E-state index contributed by atoms with van der Waals surface area (Å²) in [5, 5.41) is 40.6. The van der Waals surface area contributed by atoms with Crippen LogP contribution in [-0.2, 0) is 41.8 Å². The van der Waals surface area contributed by atoms with Crippen molar-refractivity contribution in [2.75, 3.05) is 13.2 Å². The Kier molecular flexibility index (Phi) is 18.8. The third-order valence-corrected chi connectivity index (χ3v) is 8.18. The summed E-state index contributed by atoms with van der Waals surface area (Å²) in [6.45, 7) is 2.77. The number of rotatable bonds is 22. The molecule has 1 aliphatic carbocycles. The van der Waals surface area contributed by atoms with Crippen molar-refractivity contribution >= 4 is 27.6 Å². The summed E-state index contributed by atoms with van der Waals surface area (Å²) < 4.78 is 48.3. The van der Waals surface area contributed by atoms with Gasteiger partial charge in [-0.25, -0.2) is 9.13 Å². The van der Waals surface area contributed by atoms with Gasteiger partial charge in [0.05, 0.1) is 6.61 Å². The number of hydrogen-bond donors (Lipinski definition) is 7. The van der Waals surface area contributed by atoms with Crippen LogP contribution in [0.25, 0.3) is 0 Å². The summed E-state index contributed by atoms with van der Waals surface area (Å²) in [6, 6.07) is 0. The highest BCUT2D eigenvalue weighted by molar-refractivity contribution is 7.47. The first-order chi connectivity index (χ1) is 20.1. The summed E-state index contributed by atoms with van der Waals surface area (Å²) in [5.74, 6) is -1.24. The Morgan fingerprint density at radius 2 is 1.14 bits per heavy atom. The normalized spacial score (nSPS) is 26.4. The number of ether oxygens (including phenoxy) is 2. The lowest BCUT2D eigenvalue weighted by Gasteiger charge is -2.43. The fourth-order valence-electron chi connectivity index (χ4n) is 4.32. The fourth-order valence-corrected chi connectivity index (χ4v) is 5.86. The first-order valence-corrected chi connectivity index (χ1v) is 17.6. The van der Waals surface area contributed by atoms with Crippen LogP contribution in [0, 0.1) is 0 Å². The van der Waals surface area contributed by atoms with Crippen molar-refractivity contribution in [3.63, 3.8) is 0 Å². The Labute approximate surface area is 251 Å². The van der Waals surface area contributed by atoms with Gasteiger partial charge in [-0.05, 0) is 12.8 Å². The molecule has 0 heterocycles. The van der Waals surface area contributed by atoms with Crippen molar-refractivity contribution in [3.8, 4) is 0 Å². The zero-order valence-electron chi connectivity index (χ0n) is 24.6. The Morgan fingerprint density at radius 3 is 1.65 bits per heavy atom. The number of carbonyl (C=O) groups is 2. The molecule has 1 fully saturated rings. The van der Waals surface area contributed by atoms with Crippen molar-refractivity contribution in [1.82, 2.24) is 0 Å². The predicted molar refractivity (Wildman–Crippen MR) is 149 cm³/mol. The third kappa shape index (κ3) is 16.2. The van der Waals surface area contributed by atoms with Crippen LogP contribution in [0.5, 0.6) is 0 Å². The van der Waals surface area contributed by atoms with Crippen LogP contribution in [0.4, 0.5) is 0 Å². The minimum atomic E-state index is -5.34. The Bertz CT molecular complexity index is 914. The maximum Gasteiger partial charge on any atom is 0.472 e. The van der Waals surface area contributed by atoms with E-state index in [2.05, 4.69) is 11.4 Å². The van der Waals surface area contributed by atoms with Crippen LogP contribution in [0.3, 0.4) is 0 Å². The molecule has 0 aromatic heterocycles. The molecule has 16 nitrogen and oxygen atoms in total. The molecule has 7 N–H and O–H groups in total. The first kappa shape index (κ1) is 40.0. The monoisotopic (exact) mass is 666 g/mol. The molecule has 43 heavy (non-hydrogen) atoms. The number of carbonyl (C=O) groups excluding carboxylic acids is 2. The lowest BCUT2D eigenvalue weighted by atomic mass is 9.85. The quantitative estimate of drug-likeness (QED) is 0.0492. The van der Waals surface area contributed by atoms with E-state index in [1.54, 1.807) is 0 Å². The second-order valence-electron chi connectivity index (χ2n) is 10.5. The van der Waals surface area contributed by atoms with E-state index in [0.29, 0.717) is 12.8 Å². The van der Waals surface area contributed by atoms with E-state index in [9.17, 15) is 44.0 Å². The number of aliphatic hydroxyl groups excluding tert-OH is 4. The van der Waals surface area contributed by atoms with Crippen LogP contribution in [-0.4, -0.2) is 103 Å². The number of phosphoric acid groups is 2. The summed E-state index contributed by atoms with van der Waals surface area (Å²) in [4.78, 5) is 52.8. The highest BCUT2D eigenvalue weighted by atomic mass is 31.2. The molecule has 0 saturated heterocycles. The van der Waals surface area contributed by atoms with Gasteiger partial charge >= 0.3 is 27.6 Å². The molecule has 0 amide bonds. The van der Waals surface area contributed by atoms with Crippen molar-refractivity contribution in [2.24, 2.45) is 0 Å². The smallest absolute Gasteiger partial charge is 0.462 e. The maximum atomic E-state index is 12.7. The van der Waals surface area contributed by atoms with Crippen LogP contribution in [0.2, 0.25) is 0 Å². The molecule has 254 valence electrons. The zero-order valence-corrected chi connectivity index (χ0v) is 26.4. The van der Waals surface area contributed by atoms with E-state index in [4.69, 9.17) is 28.3 Å². The van der Waals surface area contributed by atoms with Crippen molar-refractivity contribution in [1.29, 1.82) is 0 Å². The van der Waals surface area contributed by atoms with E-state index in [1.165, 1.54) is 0 Å². The second kappa shape index (κ2) is 20.2. The standard InChI is InChI=1S/C25H48O16P2/c1-3-5-7-9-11-13-18(26)37-15-17(39-19(27)14-12-10-8-6-4-2)16-38-43(35,36)41-25-22(30)20(28)21(29)24(23(25)31)40-42(32,33)34/h17,20-25,28-31H,3-16H2,1-2H3,(H,35,36)(H2,32,33,34)/t17-,20-,21+,22-,23+,24+,25-/m1/s1. The van der Waals surface area contributed by atoms with Gasteiger partial charge in [-0.1, -0.05) is 65.2 Å². The number of aliphatic hydroxyl groups is 4. The van der Waals surface area contributed by atoms with Crippen LogP contribution in [0.15, 0.2) is 0 Å². The summed E-state index contributed by atoms with van der Waals surface area (Å²) in [7, 11) is -10.6. The van der Waals surface area contributed by atoms with Gasteiger partial charge in [-0.15, -0.1) is 0 Å². The molecular weight excluding hydrogens is 618 g/mol. The number of unbranched alkanes of at least 4 members (excludes halogenated alkanes) is 8. The van der Waals surface area contributed by atoms with Crippen molar-refractivity contribution in [3.05, 3.63) is 0 Å². The Hall–Kier alpha value is -1.00. The van der Waals surface area contributed by atoms with Gasteiger partial charge in [0.1, 0.15) is 43.2 Å². The molecule has 0 spiro atoms. The predicted octanol–water partition coefficient (Wildman–Crippen LogP) is 1.60. The summed E-state index contributed by atoms with van der Waals surface area (Å²) in [6.07, 6.45) is -5.81. The summed E-state index contributed by atoms with van der Waals surface area (Å²) in [5.41, 5.74) is 0. The third-order valence-electron chi connectivity index (χ3n) is 6.68. The Balaban J connectivity index is 2.84. The van der Waals surface area contributed by atoms with Gasteiger partial charge in [0, 0.05) is 12.8 Å². The van der Waals surface area contributed by atoms with Gasteiger partial charge in [0.15, 0.2) is 6.10 Å². The molecule has 0 bridgehead atoms. The second-order valence-corrected chi connectivity index (χ2v) is 13.1. The molecular formula is C25H48O16P2. The van der Waals surface area contributed by atoms with Gasteiger partial charge in [0.25, 0.3) is 0 Å². The minimum absolute atomic E-state index is 0.0422. The van der Waals surface area contributed by atoms with Crippen molar-refractivity contribution < 1.29 is 76.9 Å². The van der Waals surface area contributed by atoms with Gasteiger partial charge in [-0.3, -0.25) is 23.2 Å². The van der Waals surface area contributed by atoms with E-state index < -0.39 is 83.5 Å². The maximum absolute atomic E-state index is 12.7. The van der Waals surface area contributed by atoms with Gasteiger partial charge < -0.3 is 44.6 Å². The van der Waals surface area contributed by atoms with Gasteiger partial charge in [-0.2, -0.15) is 0 Å².